The van der Waals surface area contributed by atoms with Gasteiger partial charge in [0.25, 0.3) is 5.91 Å². The number of carbonyl (C=O) groups excluding carboxylic acids is 1. The summed E-state index contributed by atoms with van der Waals surface area (Å²) in [6.07, 6.45) is 3.13. The van der Waals surface area contributed by atoms with Crippen molar-refractivity contribution in [2.45, 2.75) is 19.9 Å². The van der Waals surface area contributed by atoms with Crippen LogP contribution in [0.1, 0.15) is 33.7 Å². The summed E-state index contributed by atoms with van der Waals surface area (Å²) in [6.45, 7) is 4.18. The molecule has 4 aromatic heterocycles. The summed E-state index contributed by atoms with van der Waals surface area (Å²) < 4.78 is 17.8. The van der Waals surface area contributed by atoms with Gasteiger partial charge in [-0.15, -0.1) is 0 Å². The van der Waals surface area contributed by atoms with Crippen LogP contribution in [0.2, 0.25) is 0 Å². The Balaban J connectivity index is 1.51. The molecule has 0 bridgehead atoms. The summed E-state index contributed by atoms with van der Waals surface area (Å²) in [5.41, 5.74) is 2.05. The Morgan fingerprint density at radius 3 is 2.63 bits per heavy atom. The molecule has 0 fully saturated rings. The first-order valence-electron chi connectivity index (χ1n) is 8.47. The molecule has 0 aliphatic rings. The molecule has 1 unspecified atom stereocenters. The van der Waals surface area contributed by atoms with Gasteiger partial charge in [-0.25, -0.2) is 0 Å². The Morgan fingerprint density at radius 1 is 1.15 bits per heavy atom. The molecule has 138 valence electrons. The monoisotopic (exact) mass is 366 g/mol. The maximum atomic E-state index is 12.5. The van der Waals surface area contributed by atoms with Crippen molar-refractivity contribution in [3.63, 3.8) is 0 Å². The van der Waals surface area contributed by atoms with E-state index in [1.165, 1.54) is 6.26 Å². The number of nitrogens with one attached hydrogen (secondary N) is 1. The molecule has 0 aliphatic carbocycles. The Morgan fingerprint density at radius 2 is 1.96 bits per heavy atom. The number of hydrogen-bond acceptors (Lipinski definition) is 6. The zero-order chi connectivity index (χ0) is 18.8. The molecular weight excluding hydrogens is 348 g/mol. The van der Waals surface area contributed by atoms with Gasteiger partial charge < -0.3 is 18.7 Å². The minimum absolute atomic E-state index is 0.174. The molecule has 0 aromatic carbocycles. The van der Waals surface area contributed by atoms with E-state index in [0.717, 1.165) is 11.4 Å². The third kappa shape index (κ3) is 3.41. The molecule has 0 radical (unpaired) electrons. The van der Waals surface area contributed by atoms with Crippen molar-refractivity contribution in [3.8, 4) is 11.5 Å². The van der Waals surface area contributed by atoms with Crippen LogP contribution in [0.4, 0.5) is 0 Å². The molecule has 0 spiro atoms. The number of aromatic nitrogens is 3. The van der Waals surface area contributed by atoms with E-state index in [9.17, 15) is 4.79 Å². The molecule has 0 aliphatic heterocycles. The molecule has 1 N–H and O–H groups in total. The van der Waals surface area contributed by atoms with Crippen LogP contribution < -0.4 is 5.32 Å². The maximum absolute atomic E-state index is 12.5. The van der Waals surface area contributed by atoms with Gasteiger partial charge in [-0.1, -0.05) is 5.16 Å². The first-order chi connectivity index (χ1) is 13.1. The van der Waals surface area contributed by atoms with Gasteiger partial charge in [0.1, 0.15) is 11.8 Å². The molecule has 1 atom stereocenters. The quantitative estimate of drug-likeness (QED) is 0.562. The topological polar surface area (TPSA) is 99.2 Å². The van der Waals surface area contributed by atoms with E-state index in [1.807, 2.05) is 36.7 Å². The van der Waals surface area contributed by atoms with E-state index in [-0.39, 0.29) is 24.2 Å². The van der Waals surface area contributed by atoms with E-state index >= 15 is 0 Å². The fraction of sp³-hybridized carbons (Fsp3) is 0.211. The van der Waals surface area contributed by atoms with Crippen LogP contribution in [0.15, 0.2) is 62.3 Å². The second-order valence-electron chi connectivity index (χ2n) is 6.17. The standard InChI is InChI=1S/C19H18N4O4/c1-12-9-13(2)23(21-12)15(16-5-3-7-25-16)11-20-19(24)14-10-18(27-22-14)17-6-4-8-26-17/h3-10,15H,11H2,1-2H3,(H,20,24). The molecule has 27 heavy (non-hydrogen) atoms. The van der Waals surface area contributed by atoms with Crippen molar-refractivity contribution in [3.05, 3.63) is 71.8 Å². The summed E-state index contributed by atoms with van der Waals surface area (Å²) in [5.74, 6) is 1.26. The van der Waals surface area contributed by atoms with Gasteiger partial charge in [-0.2, -0.15) is 5.10 Å². The van der Waals surface area contributed by atoms with E-state index < -0.39 is 0 Å². The Hall–Kier alpha value is -3.55. The Bertz CT molecular complexity index is 1030. The van der Waals surface area contributed by atoms with Gasteiger partial charge in [-0.3, -0.25) is 9.48 Å². The predicted octanol–water partition coefficient (Wildman–Crippen LogP) is 3.36. The van der Waals surface area contributed by atoms with Crippen LogP contribution in [0.3, 0.4) is 0 Å². The van der Waals surface area contributed by atoms with Crippen LogP contribution >= 0.6 is 0 Å². The Labute approximate surface area is 154 Å². The normalized spacial score (nSPS) is 12.2. The number of hydrogen-bond donors (Lipinski definition) is 1. The number of carbonyl (C=O) groups is 1. The predicted molar refractivity (Wildman–Crippen MR) is 95.1 cm³/mol. The molecule has 4 aromatic rings. The Kier molecular flexibility index (Phi) is 4.37. The summed E-state index contributed by atoms with van der Waals surface area (Å²) in [7, 11) is 0. The minimum Gasteiger partial charge on any atom is -0.467 e. The molecule has 8 heteroatoms. The number of amides is 1. The number of aryl methyl sites for hydroxylation is 2. The van der Waals surface area contributed by atoms with Crippen molar-refractivity contribution >= 4 is 5.91 Å². The highest BCUT2D eigenvalue weighted by atomic mass is 16.5. The first kappa shape index (κ1) is 16.9. The minimum atomic E-state index is -0.352. The number of nitrogens with zero attached hydrogens (tertiary/aromatic N) is 3. The van der Waals surface area contributed by atoms with Crippen molar-refractivity contribution in [1.82, 2.24) is 20.3 Å². The zero-order valence-electron chi connectivity index (χ0n) is 14.9. The molecule has 4 heterocycles. The van der Waals surface area contributed by atoms with E-state index in [2.05, 4.69) is 15.6 Å². The first-order valence-corrected chi connectivity index (χ1v) is 8.47. The fourth-order valence-electron chi connectivity index (χ4n) is 2.95. The highest BCUT2D eigenvalue weighted by Crippen LogP contribution is 2.22. The second kappa shape index (κ2) is 6.99. The molecule has 0 saturated carbocycles. The highest BCUT2D eigenvalue weighted by Gasteiger charge is 2.22. The van der Waals surface area contributed by atoms with E-state index in [1.54, 1.807) is 24.5 Å². The lowest BCUT2D eigenvalue weighted by atomic mass is 10.2. The van der Waals surface area contributed by atoms with Gasteiger partial charge in [0.15, 0.2) is 11.5 Å². The van der Waals surface area contributed by atoms with Gasteiger partial charge in [0.2, 0.25) is 5.76 Å². The summed E-state index contributed by atoms with van der Waals surface area (Å²) >= 11 is 0. The molecule has 0 saturated heterocycles. The third-order valence-electron chi connectivity index (χ3n) is 4.17. The largest absolute Gasteiger partial charge is 0.467 e. The second-order valence-corrected chi connectivity index (χ2v) is 6.17. The fourth-order valence-corrected chi connectivity index (χ4v) is 2.95. The molecule has 4 rings (SSSR count). The van der Waals surface area contributed by atoms with Gasteiger partial charge in [0.05, 0.1) is 18.2 Å². The van der Waals surface area contributed by atoms with Crippen LogP contribution in [0.5, 0.6) is 0 Å². The van der Waals surface area contributed by atoms with E-state index in [0.29, 0.717) is 17.3 Å². The lowest BCUT2D eigenvalue weighted by Gasteiger charge is -2.17. The van der Waals surface area contributed by atoms with Crippen molar-refractivity contribution in [1.29, 1.82) is 0 Å². The van der Waals surface area contributed by atoms with Gasteiger partial charge in [0, 0.05) is 18.3 Å². The number of furan rings is 2. The van der Waals surface area contributed by atoms with Crippen LogP contribution in [-0.4, -0.2) is 27.4 Å². The molecular formula is C19H18N4O4. The van der Waals surface area contributed by atoms with E-state index in [4.69, 9.17) is 13.4 Å². The smallest absolute Gasteiger partial charge is 0.273 e. The van der Waals surface area contributed by atoms with Crippen LogP contribution in [-0.2, 0) is 0 Å². The SMILES string of the molecule is Cc1cc(C)n(C(CNC(=O)c2cc(-c3ccco3)on2)c2ccco2)n1. The summed E-state index contributed by atoms with van der Waals surface area (Å²) in [6, 6.07) is 10.4. The van der Waals surface area contributed by atoms with Crippen LogP contribution in [0, 0.1) is 13.8 Å². The number of rotatable bonds is 6. The highest BCUT2D eigenvalue weighted by molar-refractivity contribution is 5.92. The van der Waals surface area contributed by atoms with Crippen molar-refractivity contribution < 1.29 is 18.2 Å². The average molecular weight is 366 g/mol. The zero-order valence-corrected chi connectivity index (χ0v) is 14.9. The van der Waals surface area contributed by atoms with Crippen LogP contribution in [0.25, 0.3) is 11.5 Å². The van der Waals surface area contributed by atoms with Gasteiger partial charge in [-0.05, 0) is 44.2 Å². The molecule has 8 nitrogen and oxygen atoms in total. The third-order valence-corrected chi connectivity index (χ3v) is 4.17. The van der Waals surface area contributed by atoms with Crippen molar-refractivity contribution in [2.75, 3.05) is 6.54 Å². The van der Waals surface area contributed by atoms with Crippen molar-refractivity contribution in [2.24, 2.45) is 0 Å². The summed E-state index contributed by atoms with van der Waals surface area (Å²) in [4.78, 5) is 12.5. The van der Waals surface area contributed by atoms with Gasteiger partial charge >= 0.3 is 0 Å². The average Bonchev–Trinajstić information content (AvgIpc) is 3.44. The lowest BCUT2D eigenvalue weighted by molar-refractivity contribution is 0.0939. The lowest BCUT2D eigenvalue weighted by Crippen LogP contribution is -2.32. The summed E-state index contributed by atoms with van der Waals surface area (Å²) in [5, 5.41) is 11.2. The molecule has 1 amide bonds. The maximum Gasteiger partial charge on any atom is 0.273 e.